The summed E-state index contributed by atoms with van der Waals surface area (Å²) in [7, 11) is 0. The Bertz CT molecular complexity index is 1270. The van der Waals surface area contributed by atoms with Crippen molar-refractivity contribution in [1.29, 1.82) is 0 Å². The molecule has 0 unspecified atom stereocenters. The zero-order chi connectivity index (χ0) is 20.9. The van der Waals surface area contributed by atoms with Crippen LogP contribution in [0.1, 0.15) is 11.3 Å². The third kappa shape index (κ3) is 4.20. The zero-order valence-electron chi connectivity index (χ0n) is 17.2. The number of hydrogen-bond donors (Lipinski definition) is 0. The lowest BCUT2D eigenvalue weighted by molar-refractivity contribution is 1.37. The number of pyridine rings is 1. The highest BCUT2D eigenvalue weighted by atomic mass is 14.7. The number of fused-ring (bicyclic) bond motifs is 1. The summed E-state index contributed by atoms with van der Waals surface area (Å²) in [6.45, 7) is 0.109. The second-order valence-electron chi connectivity index (χ2n) is 7.65. The summed E-state index contributed by atoms with van der Waals surface area (Å²) in [5.41, 5.74) is 6.96. The predicted octanol–water partition coefficient (Wildman–Crippen LogP) is 5.62. The Kier molecular flexibility index (Phi) is 5.45. The fourth-order valence-corrected chi connectivity index (χ4v) is 4.13. The standard InChI is InChI=1S/C29H22BN/c1-4-12-23(13-5-1)28(22-27-21-20-24-14-10-11-19-29(24)31-27)30(25-15-6-2-7-16-25)26-17-8-3-9-18-26/h1-22H/b28-22-. The number of aromatic nitrogens is 1. The summed E-state index contributed by atoms with van der Waals surface area (Å²) in [5.74, 6) is 0. The Morgan fingerprint density at radius 2 is 1.10 bits per heavy atom. The van der Waals surface area contributed by atoms with E-state index in [9.17, 15) is 0 Å². The molecule has 1 heterocycles. The molecule has 2 heteroatoms. The molecule has 5 rings (SSSR count). The van der Waals surface area contributed by atoms with Crippen LogP contribution in [0.25, 0.3) is 22.5 Å². The maximum absolute atomic E-state index is 4.93. The van der Waals surface area contributed by atoms with Crippen molar-refractivity contribution in [3.05, 3.63) is 139 Å². The van der Waals surface area contributed by atoms with Crippen molar-refractivity contribution in [3.63, 3.8) is 0 Å². The summed E-state index contributed by atoms with van der Waals surface area (Å²) in [6.07, 6.45) is 2.24. The van der Waals surface area contributed by atoms with Gasteiger partial charge in [-0.25, -0.2) is 4.98 Å². The van der Waals surface area contributed by atoms with Gasteiger partial charge in [-0.1, -0.05) is 132 Å². The average Bonchev–Trinajstić information content (AvgIpc) is 2.85. The molecule has 0 aliphatic heterocycles. The van der Waals surface area contributed by atoms with E-state index in [0.29, 0.717) is 0 Å². The maximum atomic E-state index is 4.93. The fraction of sp³-hybridized carbons (Fsp3) is 0. The van der Waals surface area contributed by atoms with E-state index in [1.54, 1.807) is 0 Å². The Morgan fingerprint density at radius 1 is 0.548 bits per heavy atom. The molecule has 4 aromatic carbocycles. The average molecular weight is 395 g/mol. The van der Waals surface area contributed by atoms with Crippen LogP contribution in [0, 0.1) is 0 Å². The first kappa shape index (κ1) is 19.1. The summed E-state index contributed by atoms with van der Waals surface area (Å²) in [6, 6.07) is 44.6. The molecule has 31 heavy (non-hydrogen) atoms. The van der Waals surface area contributed by atoms with Crippen molar-refractivity contribution in [2.45, 2.75) is 0 Å². The molecule has 0 saturated carbocycles. The molecule has 1 aromatic heterocycles. The van der Waals surface area contributed by atoms with Gasteiger partial charge in [0.05, 0.1) is 11.2 Å². The highest BCUT2D eigenvalue weighted by Gasteiger charge is 2.25. The molecule has 0 atom stereocenters. The highest BCUT2D eigenvalue weighted by Crippen LogP contribution is 2.22. The van der Waals surface area contributed by atoms with Gasteiger partial charge in [0.1, 0.15) is 0 Å². The van der Waals surface area contributed by atoms with E-state index < -0.39 is 0 Å². The van der Waals surface area contributed by atoms with Gasteiger partial charge < -0.3 is 0 Å². The molecule has 0 radical (unpaired) electrons. The molecular weight excluding hydrogens is 373 g/mol. The summed E-state index contributed by atoms with van der Waals surface area (Å²) < 4.78 is 0. The van der Waals surface area contributed by atoms with Crippen molar-refractivity contribution >= 4 is 40.1 Å². The first-order valence-corrected chi connectivity index (χ1v) is 10.6. The van der Waals surface area contributed by atoms with E-state index in [-0.39, 0.29) is 6.71 Å². The molecule has 5 aromatic rings. The van der Waals surface area contributed by atoms with E-state index >= 15 is 0 Å². The molecule has 0 spiro atoms. The van der Waals surface area contributed by atoms with Gasteiger partial charge in [0.2, 0.25) is 6.71 Å². The van der Waals surface area contributed by atoms with Crippen molar-refractivity contribution in [1.82, 2.24) is 4.98 Å². The number of benzene rings is 4. The molecular formula is C29H22BN. The van der Waals surface area contributed by atoms with Crippen LogP contribution in [0.3, 0.4) is 0 Å². The number of hydrogen-bond acceptors (Lipinski definition) is 1. The van der Waals surface area contributed by atoms with E-state index in [4.69, 9.17) is 4.98 Å². The molecule has 146 valence electrons. The van der Waals surface area contributed by atoms with E-state index in [1.807, 2.05) is 6.07 Å². The van der Waals surface area contributed by atoms with E-state index in [2.05, 4.69) is 127 Å². The van der Waals surface area contributed by atoms with Gasteiger partial charge in [-0.3, -0.25) is 0 Å². The molecule has 0 bridgehead atoms. The molecule has 0 saturated heterocycles. The third-order valence-electron chi connectivity index (χ3n) is 5.61. The van der Waals surface area contributed by atoms with Gasteiger partial charge >= 0.3 is 0 Å². The van der Waals surface area contributed by atoms with Crippen molar-refractivity contribution < 1.29 is 0 Å². The van der Waals surface area contributed by atoms with Crippen molar-refractivity contribution in [2.75, 3.05) is 0 Å². The van der Waals surface area contributed by atoms with Gasteiger partial charge in [-0.15, -0.1) is 0 Å². The topological polar surface area (TPSA) is 12.9 Å². The van der Waals surface area contributed by atoms with Gasteiger partial charge in [-0.2, -0.15) is 0 Å². The minimum atomic E-state index is 0.109. The minimum Gasteiger partial charge on any atom is -0.248 e. The molecule has 0 aliphatic carbocycles. The zero-order valence-corrected chi connectivity index (χ0v) is 17.2. The Balaban J connectivity index is 1.73. The number of para-hydroxylation sites is 1. The van der Waals surface area contributed by atoms with E-state index in [0.717, 1.165) is 16.6 Å². The number of nitrogens with zero attached hydrogens (tertiary/aromatic N) is 1. The van der Waals surface area contributed by atoms with Crippen LogP contribution in [-0.4, -0.2) is 11.7 Å². The molecule has 0 amide bonds. The lowest BCUT2D eigenvalue weighted by atomic mass is 9.35. The maximum Gasteiger partial charge on any atom is 0.242 e. The van der Waals surface area contributed by atoms with Gasteiger partial charge in [0.15, 0.2) is 0 Å². The number of rotatable bonds is 5. The van der Waals surface area contributed by atoms with Crippen LogP contribution in [0.15, 0.2) is 127 Å². The molecule has 0 fully saturated rings. The summed E-state index contributed by atoms with van der Waals surface area (Å²) >= 11 is 0. The quantitative estimate of drug-likeness (QED) is 0.352. The van der Waals surface area contributed by atoms with Crippen molar-refractivity contribution in [2.24, 2.45) is 0 Å². The Morgan fingerprint density at radius 3 is 1.74 bits per heavy atom. The van der Waals surface area contributed by atoms with Gasteiger partial charge in [0, 0.05) is 5.39 Å². The first-order valence-electron chi connectivity index (χ1n) is 10.6. The van der Waals surface area contributed by atoms with Crippen LogP contribution >= 0.6 is 0 Å². The first-order chi connectivity index (χ1) is 15.4. The second-order valence-corrected chi connectivity index (χ2v) is 7.65. The predicted molar refractivity (Wildman–Crippen MR) is 134 cm³/mol. The summed E-state index contributed by atoms with van der Waals surface area (Å²) in [4.78, 5) is 4.93. The molecule has 0 aliphatic rings. The second kappa shape index (κ2) is 8.85. The fourth-order valence-electron chi connectivity index (χ4n) is 4.13. The summed E-state index contributed by atoms with van der Waals surface area (Å²) in [5, 5.41) is 1.16. The van der Waals surface area contributed by atoms with E-state index in [1.165, 1.54) is 22.0 Å². The highest BCUT2D eigenvalue weighted by molar-refractivity contribution is 7.00. The largest absolute Gasteiger partial charge is 0.248 e. The van der Waals surface area contributed by atoms with Crippen LogP contribution in [0.2, 0.25) is 0 Å². The monoisotopic (exact) mass is 395 g/mol. The minimum absolute atomic E-state index is 0.109. The molecule has 1 nitrogen and oxygen atoms in total. The Hall–Kier alpha value is -3.91. The Labute approximate surface area is 183 Å². The lowest BCUT2D eigenvalue weighted by Gasteiger charge is -2.19. The van der Waals surface area contributed by atoms with Crippen LogP contribution in [0.5, 0.6) is 0 Å². The molecule has 0 N–H and O–H groups in total. The normalized spacial score (nSPS) is 11.4. The smallest absolute Gasteiger partial charge is 0.242 e. The van der Waals surface area contributed by atoms with Crippen LogP contribution in [-0.2, 0) is 0 Å². The van der Waals surface area contributed by atoms with Crippen LogP contribution in [0.4, 0.5) is 0 Å². The van der Waals surface area contributed by atoms with Crippen molar-refractivity contribution in [3.8, 4) is 0 Å². The SMILES string of the molecule is C(=C(/B(c1ccccc1)c1ccccc1)c1ccccc1)/c1ccc2ccccc2n1. The lowest BCUT2D eigenvalue weighted by Crippen LogP contribution is -2.43. The van der Waals surface area contributed by atoms with Crippen LogP contribution < -0.4 is 10.9 Å². The van der Waals surface area contributed by atoms with Gasteiger partial charge in [-0.05, 0) is 23.8 Å². The van der Waals surface area contributed by atoms with Gasteiger partial charge in [0.25, 0.3) is 0 Å². The third-order valence-corrected chi connectivity index (χ3v) is 5.61.